The van der Waals surface area contributed by atoms with Gasteiger partial charge in [0.15, 0.2) is 0 Å². The first-order valence-corrected chi connectivity index (χ1v) is 18.1. The van der Waals surface area contributed by atoms with Gasteiger partial charge in [-0.3, -0.25) is 9.59 Å². The SMILES string of the molecule is CC(C)(C)CC1N[C@@H](C(=O)NC2CCC(C(=O)O)CC2)[C@H](c2ccccc2Cl)[C@]12CN(Cc1ccc(-c3nn[nH]n3)cc1)c1ccc(Cl)cc12. The minimum atomic E-state index is -0.760. The van der Waals surface area contributed by atoms with Crippen molar-refractivity contribution in [2.75, 3.05) is 11.4 Å². The largest absolute Gasteiger partial charge is 0.481 e. The number of benzene rings is 3. The number of carbonyl (C=O) groups excluding carboxylic acids is 1. The van der Waals surface area contributed by atoms with Gasteiger partial charge >= 0.3 is 5.97 Å². The summed E-state index contributed by atoms with van der Waals surface area (Å²) >= 11 is 13.9. The number of amides is 1. The number of aromatic amines is 1. The smallest absolute Gasteiger partial charge is 0.306 e. The molecule has 2 aliphatic heterocycles. The Bertz CT molecular complexity index is 1850. The van der Waals surface area contributed by atoms with Gasteiger partial charge in [0.2, 0.25) is 11.7 Å². The van der Waals surface area contributed by atoms with E-state index in [-0.39, 0.29) is 35.2 Å². The number of tetrazole rings is 1. The molecule has 0 bridgehead atoms. The zero-order valence-electron chi connectivity index (χ0n) is 28.5. The molecular weight excluding hydrogens is 673 g/mol. The van der Waals surface area contributed by atoms with Crippen LogP contribution < -0.4 is 15.5 Å². The Morgan fingerprint density at radius 2 is 1.76 bits per heavy atom. The van der Waals surface area contributed by atoms with Crippen LogP contribution >= 0.6 is 23.2 Å². The number of rotatable bonds is 8. The highest BCUT2D eigenvalue weighted by Gasteiger charge is 2.62. The number of nitrogens with one attached hydrogen (secondary N) is 3. The molecular formula is C38H43Cl2N7O3. The molecule has 7 rings (SSSR count). The van der Waals surface area contributed by atoms with Crippen LogP contribution in [0.1, 0.15) is 75.5 Å². The highest BCUT2D eigenvalue weighted by atomic mass is 35.5. The zero-order valence-corrected chi connectivity index (χ0v) is 30.0. The first kappa shape index (κ1) is 34.5. The molecule has 0 radical (unpaired) electrons. The van der Waals surface area contributed by atoms with Crippen LogP contribution in [-0.4, -0.2) is 62.3 Å². The third-order valence-corrected chi connectivity index (χ3v) is 11.4. The molecule has 2 fully saturated rings. The van der Waals surface area contributed by atoms with Crippen molar-refractivity contribution in [3.63, 3.8) is 0 Å². The monoisotopic (exact) mass is 715 g/mol. The number of carbonyl (C=O) groups is 2. The van der Waals surface area contributed by atoms with E-state index in [0.29, 0.717) is 54.6 Å². The minimum absolute atomic E-state index is 0.0621. The van der Waals surface area contributed by atoms with Crippen molar-refractivity contribution >= 4 is 40.8 Å². The Labute approximate surface area is 302 Å². The van der Waals surface area contributed by atoms with Crippen LogP contribution in [0.3, 0.4) is 0 Å². The number of aromatic nitrogens is 4. The first-order chi connectivity index (χ1) is 23.9. The molecule has 3 heterocycles. The van der Waals surface area contributed by atoms with Crippen molar-refractivity contribution in [1.82, 2.24) is 31.3 Å². The predicted octanol–water partition coefficient (Wildman–Crippen LogP) is 6.75. The summed E-state index contributed by atoms with van der Waals surface area (Å²) in [6.45, 7) is 7.99. The molecule has 50 heavy (non-hydrogen) atoms. The minimum Gasteiger partial charge on any atom is -0.481 e. The normalized spacial score (nSPS) is 26.3. The fraction of sp³-hybridized carbons (Fsp3) is 0.447. The van der Waals surface area contributed by atoms with Gasteiger partial charge in [-0.15, -0.1) is 10.2 Å². The highest BCUT2D eigenvalue weighted by Crippen LogP contribution is 2.58. The lowest BCUT2D eigenvalue weighted by atomic mass is 9.63. The Balaban J connectivity index is 1.29. The molecule has 1 saturated heterocycles. The van der Waals surface area contributed by atoms with Crippen LogP contribution in [0, 0.1) is 11.3 Å². The summed E-state index contributed by atoms with van der Waals surface area (Å²) in [7, 11) is 0. The maximum atomic E-state index is 14.6. The van der Waals surface area contributed by atoms with Crippen molar-refractivity contribution < 1.29 is 14.7 Å². The lowest BCUT2D eigenvalue weighted by Gasteiger charge is -2.40. The lowest BCUT2D eigenvalue weighted by Crippen LogP contribution is -2.49. The number of hydrogen-bond acceptors (Lipinski definition) is 7. The van der Waals surface area contributed by atoms with Crippen molar-refractivity contribution in [2.24, 2.45) is 11.3 Å². The van der Waals surface area contributed by atoms with E-state index >= 15 is 0 Å². The fourth-order valence-electron chi connectivity index (χ4n) is 8.63. The quantitative estimate of drug-likeness (QED) is 0.157. The molecule has 1 saturated carbocycles. The summed E-state index contributed by atoms with van der Waals surface area (Å²) in [5, 5.41) is 32.4. The van der Waals surface area contributed by atoms with Crippen LogP contribution in [0.4, 0.5) is 5.69 Å². The highest BCUT2D eigenvalue weighted by molar-refractivity contribution is 6.31. The van der Waals surface area contributed by atoms with E-state index in [2.05, 4.69) is 87.3 Å². The lowest BCUT2D eigenvalue weighted by molar-refractivity contribution is -0.142. The Kier molecular flexibility index (Phi) is 9.39. The first-order valence-electron chi connectivity index (χ1n) is 17.3. The number of halogens is 2. The van der Waals surface area contributed by atoms with Gasteiger partial charge in [-0.05, 0) is 83.7 Å². The van der Waals surface area contributed by atoms with Crippen LogP contribution in [0.2, 0.25) is 10.0 Å². The van der Waals surface area contributed by atoms with E-state index in [1.165, 1.54) is 0 Å². The maximum Gasteiger partial charge on any atom is 0.306 e. The average Bonchev–Trinajstić information content (AvgIpc) is 3.80. The number of anilines is 1. The average molecular weight is 717 g/mol. The van der Waals surface area contributed by atoms with Crippen molar-refractivity contribution in [1.29, 1.82) is 0 Å². The topological polar surface area (TPSA) is 136 Å². The van der Waals surface area contributed by atoms with Crippen LogP contribution in [0.5, 0.6) is 0 Å². The second-order valence-electron chi connectivity index (χ2n) is 15.3. The molecule has 4 N–H and O–H groups in total. The standard InChI is InChI=1S/C38H43Cl2N7O3/c1-37(2,3)19-31-38(21-47(30-17-14-25(39)18-28(30)38)20-22-8-10-23(11-9-22)34-43-45-46-44-34)32(27-6-4-5-7-29(27)40)33(42-31)35(48)41-26-15-12-24(13-16-26)36(49)50/h4-11,14,17-18,24,26,31-33,42H,12-13,15-16,19-21H2,1-3H3,(H,41,48)(H,49,50)(H,43,44,45,46)/t24?,26?,31?,32-,33+,38-/m0/s1. The van der Waals surface area contributed by atoms with Gasteiger partial charge in [0.05, 0.1) is 12.0 Å². The molecule has 12 heteroatoms. The van der Waals surface area contributed by atoms with Gasteiger partial charge in [0.1, 0.15) is 0 Å². The van der Waals surface area contributed by atoms with Gasteiger partial charge in [-0.1, -0.05) is 86.4 Å². The van der Waals surface area contributed by atoms with Gasteiger partial charge in [-0.25, -0.2) is 0 Å². The zero-order chi connectivity index (χ0) is 35.2. The van der Waals surface area contributed by atoms with Crippen molar-refractivity contribution in [2.45, 2.75) is 88.9 Å². The number of nitrogens with zero attached hydrogens (tertiary/aromatic N) is 4. The number of carboxylic acid groups (broad SMARTS) is 1. The van der Waals surface area contributed by atoms with E-state index in [0.717, 1.165) is 34.4 Å². The molecule has 3 aromatic carbocycles. The van der Waals surface area contributed by atoms with Crippen LogP contribution in [0.15, 0.2) is 66.7 Å². The van der Waals surface area contributed by atoms with E-state index in [4.69, 9.17) is 23.2 Å². The second kappa shape index (κ2) is 13.6. The molecule has 1 amide bonds. The second-order valence-corrected chi connectivity index (χ2v) is 16.2. The molecule has 4 aromatic rings. The summed E-state index contributed by atoms with van der Waals surface area (Å²) in [6, 6.07) is 21.4. The molecule has 1 spiro atoms. The summed E-state index contributed by atoms with van der Waals surface area (Å²) in [4.78, 5) is 28.6. The number of fused-ring (bicyclic) bond motifs is 2. The molecule has 4 atom stereocenters. The molecule has 1 aromatic heterocycles. The third-order valence-electron chi connectivity index (χ3n) is 10.8. The Hall–Kier alpha value is -3.99. The molecule has 10 nitrogen and oxygen atoms in total. The molecule has 262 valence electrons. The Morgan fingerprint density at radius 3 is 2.42 bits per heavy atom. The number of aliphatic carboxylic acids is 1. The molecule has 3 aliphatic rings. The number of H-pyrrole nitrogens is 1. The molecule has 1 unspecified atom stereocenters. The summed E-state index contributed by atoms with van der Waals surface area (Å²) in [5.41, 5.74) is 4.49. The number of carboxylic acids is 1. The van der Waals surface area contributed by atoms with E-state index in [9.17, 15) is 14.7 Å². The van der Waals surface area contributed by atoms with Gasteiger partial charge in [0, 0.05) is 57.8 Å². The van der Waals surface area contributed by atoms with Gasteiger partial charge in [-0.2, -0.15) is 5.21 Å². The van der Waals surface area contributed by atoms with Crippen LogP contribution in [-0.2, 0) is 21.5 Å². The summed E-state index contributed by atoms with van der Waals surface area (Å²) < 4.78 is 0. The van der Waals surface area contributed by atoms with Gasteiger partial charge in [0.25, 0.3) is 0 Å². The molecule has 1 aliphatic carbocycles. The maximum absolute atomic E-state index is 14.6. The predicted molar refractivity (Wildman–Crippen MR) is 194 cm³/mol. The third kappa shape index (κ3) is 6.61. The van der Waals surface area contributed by atoms with E-state index < -0.39 is 17.4 Å². The fourth-order valence-corrected chi connectivity index (χ4v) is 9.05. The van der Waals surface area contributed by atoms with Gasteiger partial charge < -0.3 is 20.6 Å². The Morgan fingerprint density at radius 1 is 1.02 bits per heavy atom. The van der Waals surface area contributed by atoms with Crippen LogP contribution in [0.25, 0.3) is 11.4 Å². The van der Waals surface area contributed by atoms with Crippen molar-refractivity contribution in [3.05, 3.63) is 93.5 Å². The number of hydrogen-bond donors (Lipinski definition) is 4. The van der Waals surface area contributed by atoms with E-state index in [1.807, 2.05) is 36.4 Å². The van der Waals surface area contributed by atoms with Crippen molar-refractivity contribution in [3.8, 4) is 11.4 Å². The van der Waals surface area contributed by atoms with E-state index in [1.54, 1.807) is 0 Å². The summed E-state index contributed by atoms with van der Waals surface area (Å²) in [5.74, 6) is -0.973. The summed E-state index contributed by atoms with van der Waals surface area (Å²) in [6.07, 6.45) is 3.20.